The second-order valence-corrected chi connectivity index (χ2v) is 4.91. The summed E-state index contributed by atoms with van der Waals surface area (Å²) >= 11 is 0. The lowest BCUT2D eigenvalue weighted by Gasteiger charge is -2.24. The highest BCUT2D eigenvalue weighted by Crippen LogP contribution is 2.27. The van der Waals surface area contributed by atoms with Crippen LogP contribution in [-0.4, -0.2) is 13.0 Å². The predicted molar refractivity (Wildman–Crippen MR) is 90.0 cm³/mol. The Bertz CT molecular complexity index is 638. The Morgan fingerprint density at radius 3 is 2.67 bits per heavy atom. The van der Waals surface area contributed by atoms with Gasteiger partial charge in [-0.1, -0.05) is 38.3 Å². The maximum Gasteiger partial charge on any atom is 0.200 e. The molecule has 1 aromatic carbocycles. The average molecular weight is 282 g/mol. The fourth-order valence-corrected chi connectivity index (χ4v) is 2.25. The van der Waals surface area contributed by atoms with Crippen molar-refractivity contribution in [1.82, 2.24) is 10.6 Å². The van der Waals surface area contributed by atoms with Gasteiger partial charge in [0.15, 0.2) is 0 Å². The van der Waals surface area contributed by atoms with Crippen LogP contribution in [-0.2, 0) is 0 Å². The number of hydrogen-bond acceptors (Lipinski definition) is 4. The molecule has 4 heteroatoms. The fourth-order valence-electron chi connectivity index (χ4n) is 2.25. The van der Waals surface area contributed by atoms with E-state index >= 15 is 0 Å². The van der Waals surface area contributed by atoms with Crippen molar-refractivity contribution in [2.45, 2.75) is 20.3 Å². The number of anilines is 1. The maximum absolute atomic E-state index is 4.58. The van der Waals surface area contributed by atoms with Gasteiger partial charge in [-0.2, -0.15) is 0 Å². The minimum absolute atomic E-state index is 0.680. The van der Waals surface area contributed by atoms with Crippen molar-refractivity contribution in [3.63, 3.8) is 0 Å². The van der Waals surface area contributed by atoms with Gasteiger partial charge in [-0.05, 0) is 25.0 Å². The molecule has 0 radical (unpaired) electrons. The molecule has 0 unspecified atom stereocenters. The molecule has 110 valence electrons. The zero-order valence-electron chi connectivity index (χ0n) is 12.9. The van der Waals surface area contributed by atoms with Crippen molar-refractivity contribution in [3.8, 4) is 0 Å². The van der Waals surface area contributed by atoms with Gasteiger partial charge >= 0.3 is 0 Å². The van der Waals surface area contributed by atoms with Crippen molar-refractivity contribution in [2.75, 3.05) is 12.4 Å². The number of rotatable bonds is 4. The predicted octanol–water partition coefficient (Wildman–Crippen LogP) is 3.28. The molecular formula is C17H22N4. The van der Waals surface area contributed by atoms with Crippen molar-refractivity contribution < 1.29 is 0 Å². The number of guanidine groups is 1. The van der Waals surface area contributed by atoms with Gasteiger partial charge in [0, 0.05) is 24.0 Å². The van der Waals surface area contributed by atoms with Gasteiger partial charge in [-0.3, -0.25) is 0 Å². The SMILES string of the molecule is C=C1NC(NC)=NC(C(=C)Nc2ccccc2C)=C1CC. The molecule has 3 N–H and O–H groups in total. The smallest absolute Gasteiger partial charge is 0.200 e. The first-order valence-corrected chi connectivity index (χ1v) is 7.04. The van der Waals surface area contributed by atoms with E-state index in [9.17, 15) is 0 Å². The van der Waals surface area contributed by atoms with Crippen LogP contribution >= 0.6 is 0 Å². The van der Waals surface area contributed by atoms with E-state index in [4.69, 9.17) is 0 Å². The zero-order chi connectivity index (χ0) is 15.4. The number of hydrogen-bond donors (Lipinski definition) is 3. The summed E-state index contributed by atoms with van der Waals surface area (Å²) in [6.45, 7) is 12.4. The molecule has 0 aromatic heterocycles. The van der Waals surface area contributed by atoms with Crippen LogP contribution in [0, 0.1) is 6.92 Å². The lowest BCUT2D eigenvalue weighted by Crippen LogP contribution is -2.37. The quantitative estimate of drug-likeness (QED) is 0.794. The minimum atomic E-state index is 0.680. The van der Waals surface area contributed by atoms with Crippen molar-refractivity contribution in [2.24, 2.45) is 4.99 Å². The van der Waals surface area contributed by atoms with Crippen molar-refractivity contribution >= 4 is 11.6 Å². The van der Waals surface area contributed by atoms with Crippen LogP contribution < -0.4 is 16.0 Å². The Hall–Kier alpha value is -2.49. The normalized spacial score (nSPS) is 14.4. The molecule has 21 heavy (non-hydrogen) atoms. The van der Waals surface area contributed by atoms with Gasteiger partial charge in [-0.25, -0.2) is 4.99 Å². The van der Waals surface area contributed by atoms with Gasteiger partial charge in [0.25, 0.3) is 0 Å². The molecule has 1 aliphatic rings. The van der Waals surface area contributed by atoms with Crippen LogP contribution in [0.25, 0.3) is 0 Å². The van der Waals surface area contributed by atoms with Crippen LogP contribution in [0.2, 0.25) is 0 Å². The van der Waals surface area contributed by atoms with E-state index in [1.807, 2.05) is 25.2 Å². The summed E-state index contributed by atoms with van der Waals surface area (Å²) in [5.41, 5.74) is 5.75. The van der Waals surface area contributed by atoms with Gasteiger partial charge in [0.1, 0.15) is 0 Å². The molecule has 1 heterocycles. The highest BCUT2D eigenvalue weighted by molar-refractivity contribution is 5.85. The number of allylic oxidation sites excluding steroid dienone is 1. The Labute approximate surface area is 126 Å². The summed E-state index contributed by atoms with van der Waals surface area (Å²) < 4.78 is 0. The number of aliphatic imine (C=N–C) groups is 1. The minimum Gasteiger partial charge on any atom is -0.359 e. The van der Waals surface area contributed by atoms with E-state index in [1.54, 1.807) is 0 Å². The first-order valence-electron chi connectivity index (χ1n) is 7.04. The van der Waals surface area contributed by atoms with Gasteiger partial charge in [0.2, 0.25) is 5.96 Å². The molecule has 0 bridgehead atoms. The second-order valence-electron chi connectivity index (χ2n) is 4.91. The van der Waals surface area contributed by atoms with Gasteiger partial charge < -0.3 is 16.0 Å². The topological polar surface area (TPSA) is 48.5 Å². The second kappa shape index (κ2) is 6.31. The van der Waals surface area contributed by atoms with E-state index in [-0.39, 0.29) is 0 Å². The fraction of sp³-hybridized carbons (Fsp3) is 0.235. The third-order valence-electron chi connectivity index (χ3n) is 3.45. The van der Waals surface area contributed by atoms with Crippen LogP contribution in [0.4, 0.5) is 5.69 Å². The number of para-hydroxylation sites is 1. The third kappa shape index (κ3) is 3.16. The molecule has 0 atom stereocenters. The largest absolute Gasteiger partial charge is 0.359 e. The summed E-state index contributed by atoms with van der Waals surface area (Å²) in [5.74, 6) is 0.680. The highest BCUT2D eigenvalue weighted by atomic mass is 15.2. The molecule has 0 saturated heterocycles. The summed E-state index contributed by atoms with van der Waals surface area (Å²) in [5, 5.41) is 9.51. The number of nitrogens with one attached hydrogen (secondary N) is 3. The first kappa shape index (κ1) is 14.9. The molecule has 4 nitrogen and oxygen atoms in total. The van der Waals surface area contributed by atoms with E-state index < -0.39 is 0 Å². The molecule has 0 spiro atoms. The van der Waals surface area contributed by atoms with Gasteiger partial charge in [-0.15, -0.1) is 0 Å². The molecule has 1 aromatic rings. The number of nitrogens with zero attached hydrogens (tertiary/aromatic N) is 1. The molecule has 0 saturated carbocycles. The maximum atomic E-state index is 4.58. The van der Waals surface area contributed by atoms with E-state index in [1.165, 1.54) is 5.56 Å². The van der Waals surface area contributed by atoms with E-state index in [2.05, 4.69) is 54.0 Å². The molecular weight excluding hydrogens is 260 g/mol. The summed E-state index contributed by atoms with van der Waals surface area (Å²) in [6, 6.07) is 8.12. The molecule has 0 aliphatic carbocycles. The van der Waals surface area contributed by atoms with E-state index in [0.717, 1.165) is 34.8 Å². The van der Waals surface area contributed by atoms with Gasteiger partial charge in [0.05, 0.1) is 11.4 Å². The molecule has 0 amide bonds. The Balaban J connectivity index is 2.33. The Morgan fingerprint density at radius 1 is 1.33 bits per heavy atom. The highest BCUT2D eigenvalue weighted by Gasteiger charge is 2.18. The van der Waals surface area contributed by atoms with Crippen molar-refractivity contribution in [3.05, 3.63) is 65.7 Å². The van der Waals surface area contributed by atoms with Crippen molar-refractivity contribution in [1.29, 1.82) is 0 Å². The molecule has 0 fully saturated rings. The standard InChI is InChI=1S/C17H22N4/c1-6-14-12(3)20-17(18-5)21-16(14)13(4)19-15-10-8-7-9-11(15)2/h7-10,19H,3-4,6H2,1-2,5H3,(H2,18,20,21). The third-order valence-corrected chi connectivity index (χ3v) is 3.45. The molecule has 1 aliphatic heterocycles. The Kier molecular flexibility index (Phi) is 4.48. The van der Waals surface area contributed by atoms with Crippen LogP contribution in [0.1, 0.15) is 18.9 Å². The zero-order valence-corrected chi connectivity index (χ0v) is 12.9. The number of aryl methyl sites for hydroxylation is 1. The summed E-state index contributed by atoms with van der Waals surface area (Å²) in [7, 11) is 1.82. The summed E-state index contributed by atoms with van der Waals surface area (Å²) in [6.07, 6.45) is 0.843. The lowest BCUT2D eigenvalue weighted by molar-refractivity contribution is 0.921. The van der Waals surface area contributed by atoms with Crippen LogP contribution in [0.5, 0.6) is 0 Å². The Morgan fingerprint density at radius 2 is 2.05 bits per heavy atom. The molecule has 2 rings (SSSR count). The van der Waals surface area contributed by atoms with Crippen LogP contribution in [0.15, 0.2) is 65.1 Å². The average Bonchev–Trinajstić information content (AvgIpc) is 2.48. The van der Waals surface area contributed by atoms with Crippen LogP contribution in [0.3, 0.4) is 0 Å². The van der Waals surface area contributed by atoms with E-state index in [0.29, 0.717) is 5.96 Å². The first-order chi connectivity index (χ1) is 10.1. The lowest BCUT2D eigenvalue weighted by atomic mass is 10.0. The monoisotopic (exact) mass is 282 g/mol. The number of benzene rings is 1. The summed E-state index contributed by atoms with van der Waals surface area (Å²) in [4.78, 5) is 4.58.